The predicted octanol–water partition coefficient (Wildman–Crippen LogP) is 2.30. The van der Waals surface area contributed by atoms with Crippen molar-refractivity contribution in [2.75, 3.05) is 0 Å². The van der Waals surface area contributed by atoms with E-state index in [-0.39, 0.29) is 5.56 Å². The van der Waals surface area contributed by atoms with Crippen LogP contribution in [0.25, 0.3) is 10.9 Å². The average Bonchev–Trinajstić information content (AvgIpc) is 2.32. The summed E-state index contributed by atoms with van der Waals surface area (Å²) in [5.74, 6) is -1.20. The molecular formula is C13H10ClNO3. The summed E-state index contributed by atoms with van der Waals surface area (Å²) in [6.07, 6.45) is 3.22. The Kier molecular flexibility index (Phi) is 2.41. The van der Waals surface area contributed by atoms with Gasteiger partial charge in [0.15, 0.2) is 0 Å². The van der Waals surface area contributed by atoms with E-state index in [1.807, 2.05) is 10.6 Å². The van der Waals surface area contributed by atoms with Gasteiger partial charge in [-0.1, -0.05) is 11.6 Å². The van der Waals surface area contributed by atoms with Crippen molar-refractivity contribution in [3.63, 3.8) is 0 Å². The van der Waals surface area contributed by atoms with Crippen LogP contribution >= 0.6 is 11.6 Å². The van der Waals surface area contributed by atoms with Gasteiger partial charge >= 0.3 is 5.97 Å². The van der Waals surface area contributed by atoms with Crippen molar-refractivity contribution >= 4 is 28.5 Å². The number of aryl methyl sites for hydroxylation is 2. The van der Waals surface area contributed by atoms with Crippen LogP contribution in [0.2, 0.25) is 5.02 Å². The molecule has 0 saturated carbocycles. The molecule has 3 rings (SSSR count). The van der Waals surface area contributed by atoms with Gasteiger partial charge in [-0.2, -0.15) is 0 Å². The maximum absolute atomic E-state index is 12.1. The van der Waals surface area contributed by atoms with E-state index in [4.69, 9.17) is 16.7 Å². The van der Waals surface area contributed by atoms with E-state index in [2.05, 4.69) is 0 Å². The molecule has 1 aliphatic heterocycles. The number of carboxylic acid groups (broad SMARTS) is 1. The summed E-state index contributed by atoms with van der Waals surface area (Å²) in [6.45, 7) is 0.728. The molecule has 92 valence electrons. The molecule has 0 aliphatic carbocycles. The van der Waals surface area contributed by atoms with Crippen molar-refractivity contribution in [3.05, 3.63) is 44.7 Å². The maximum atomic E-state index is 12.1. The smallest absolute Gasteiger partial charge is 0.341 e. The summed E-state index contributed by atoms with van der Waals surface area (Å²) in [4.78, 5) is 23.2. The Bertz CT molecular complexity index is 733. The molecule has 2 heterocycles. The van der Waals surface area contributed by atoms with Crippen LogP contribution in [0.5, 0.6) is 0 Å². The standard InChI is InChI=1S/C13H10ClNO3/c14-8-4-7-2-1-3-15-6-10(13(17)18)12(16)9(5-8)11(7)15/h4-6H,1-3H2,(H,17,18). The van der Waals surface area contributed by atoms with Crippen LogP contribution in [0.15, 0.2) is 23.1 Å². The molecule has 1 aromatic heterocycles. The van der Waals surface area contributed by atoms with Crippen LogP contribution in [0.4, 0.5) is 0 Å². The number of aromatic carboxylic acids is 1. The first kappa shape index (κ1) is 11.3. The average molecular weight is 264 g/mol. The van der Waals surface area contributed by atoms with Gasteiger partial charge in [-0.15, -0.1) is 0 Å². The largest absolute Gasteiger partial charge is 0.477 e. The first-order chi connectivity index (χ1) is 8.58. The highest BCUT2D eigenvalue weighted by molar-refractivity contribution is 6.31. The molecule has 0 spiro atoms. The van der Waals surface area contributed by atoms with Crippen molar-refractivity contribution in [1.29, 1.82) is 0 Å². The third-order valence-corrected chi connectivity index (χ3v) is 3.51. The third kappa shape index (κ3) is 1.53. The monoisotopic (exact) mass is 263 g/mol. The van der Waals surface area contributed by atoms with Crippen molar-refractivity contribution in [1.82, 2.24) is 4.57 Å². The van der Waals surface area contributed by atoms with E-state index in [9.17, 15) is 9.59 Å². The Hall–Kier alpha value is -1.81. The molecule has 5 heteroatoms. The van der Waals surface area contributed by atoms with Gasteiger partial charge in [0.2, 0.25) is 5.43 Å². The highest BCUT2D eigenvalue weighted by atomic mass is 35.5. The third-order valence-electron chi connectivity index (χ3n) is 3.29. The van der Waals surface area contributed by atoms with Gasteiger partial charge in [0, 0.05) is 23.2 Å². The summed E-state index contributed by atoms with van der Waals surface area (Å²) in [5, 5.41) is 9.93. The molecule has 4 nitrogen and oxygen atoms in total. The summed E-state index contributed by atoms with van der Waals surface area (Å²) < 4.78 is 1.84. The lowest BCUT2D eigenvalue weighted by molar-refractivity contribution is 0.0695. The van der Waals surface area contributed by atoms with Crippen LogP contribution < -0.4 is 5.43 Å². The lowest BCUT2D eigenvalue weighted by atomic mass is 10.00. The van der Waals surface area contributed by atoms with E-state index in [1.54, 1.807) is 6.07 Å². The van der Waals surface area contributed by atoms with E-state index >= 15 is 0 Å². The molecule has 0 saturated heterocycles. The van der Waals surface area contributed by atoms with E-state index in [1.165, 1.54) is 6.20 Å². The summed E-state index contributed by atoms with van der Waals surface area (Å²) in [5.41, 5.74) is 1.18. The molecule has 0 atom stereocenters. The zero-order chi connectivity index (χ0) is 12.9. The molecule has 1 N–H and O–H groups in total. The zero-order valence-corrected chi connectivity index (χ0v) is 10.2. The lowest BCUT2D eigenvalue weighted by Crippen LogP contribution is -2.21. The number of carboxylic acids is 1. The summed E-state index contributed by atoms with van der Waals surface area (Å²) in [6, 6.07) is 3.40. The van der Waals surface area contributed by atoms with Crippen LogP contribution in [0.3, 0.4) is 0 Å². The summed E-state index contributed by atoms with van der Waals surface area (Å²) in [7, 11) is 0. The number of carbonyl (C=O) groups is 1. The molecule has 0 amide bonds. The van der Waals surface area contributed by atoms with Crippen molar-refractivity contribution in [3.8, 4) is 0 Å². The molecule has 18 heavy (non-hydrogen) atoms. The minimum Gasteiger partial charge on any atom is -0.477 e. The quantitative estimate of drug-likeness (QED) is 0.859. The second-order valence-corrected chi connectivity index (χ2v) is 4.87. The first-order valence-electron chi connectivity index (χ1n) is 5.67. The van der Waals surface area contributed by atoms with Crippen molar-refractivity contribution in [2.24, 2.45) is 0 Å². The number of benzene rings is 1. The molecule has 0 radical (unpaired) electrons. The predicted molar refractivity (Wildman–Crippen MR) is 68.5 cm³/mol. The zero-order valence-electron chi connectivity index (χ0n) is 9.44. The molecule has 0 bridgehead atoms. The van der Waals surface area contributed by atoms with E-state index < -0.39 is 11.4 Å². The Labute approximate surface area is 107 Å². The van der Waals surface area contributed by atoms with Crippen LogP contribution in [0, 0.1) is 0 Å². The van der Waals surface area contributed by atoms with Crippen molar-refractivity contribution in [2.45, 2.75) is 19.4 Å². The highest BCUT2D eigenvalue weighted by Gasteiger charge is 2.19. The first-order valence-corrected chi connectivity index (χ1v) is 6.04. The SMILES string of the molecule is O=C(O)c1cn2c3c(cc(Cl)cc3c1=O)CCC2. The number of rotatable bonds is 1. The number of pyridine rings is 1. The fourth-order valence-corrected chi connectivity index (χ4v) is 2.79. The van der Waals surface area contributed by atoms with E-state index in [0.717, 1.165) is 30.5 Å². The number of halogens is 1. The van der Waals surface area contributed by atoms with Crippen LogP contribution in [0.1, 0.15) is 22.3 Å². The minimum atomic E-state index is -1.20. The number of hydrogen-bond donors (Lipinski definition) is 1. The van der Waals surface area contributed by atoms with Crippen LogP contribution in [-0.2, 0) is 13.0 Å². The second kappa shape index (κ2) is 3.85. The molecule has 1 aromatic carbocycles. The van der Waals surface area contributed by atoms with Crippen LogP contribution in [-0.4, -0.2) is 15.6 Å². The maximum Gasteiger partial charge on any atom is 0.341 e. The fraction of sp³-hybridized carbons (Fsp3) is 0.231. The van der Waals surface area contributed by atoms with Gasteiger partial charge in [-0.3, -0.25) is 4.79 Å². The molecular weight excluding hydrogens is 254 g/mol. The summed E-state index contributed by atoms with van der Waals surface area (Å²) >= 11 is 5.99. The number of hydrogen-bond acceptors (Lipinski definition) is 2. The van der Waals surface area contributed by atoms with Gasteiger partial charge in [-0.05, 0) is 30.5 Å². The minimum absolute atomic E-state index is 0.197. The van der Waals surface area contributed by atoms with E-state index in [0.29, 0.717) is 10.4 Å². The normalized spacial score (nSPS) is 13.8. The fourth-order valence-electron chi connectivity index (χ4n) is 2.55. The van der Waals surface area contributed by atoms with Crippen molar-refractivity contribution < 1.29 is 9.90 Å². The number of aromatic nitrogens is 1. The lowest BCUT2D eigenvalue weighted by Gasteiger charge is -2.20. The highest BCUT2D eigenvalue weighted by Crippen LogP contribution is 2.27. The Balaban J connectivity index is 2.52. The van der Waals surface area contributed by atoms with Gasteiger partial charge in [0.25, 0.3) is 0 Å². The van der Waals surface area contributed by atoms with Gasteiger partial charge < -0.3 is 9.67 Å². The molecule has 0 unspecified atom stereocenters. The Morgan fingerprint density at radius 2 is 2.17 bits per heavy atom. The second-order valence-electron chi connectivity index (χ2n) is 4.44. The molecule has 1 aliphatic rings. The van der Waals surface area contributed by atoms with Gasteiger partial charge in [0.1, 0.15) is 5.56 Å². The Morgan fingerprint density at radius 3 is 2.89 bits per heavy atom. The van der Waals surface area contributed by atoms with Gasteiger partial charge in [0.05, 0.1) is 5.52 Å². The topological polar surface area (TPSA) is 59.3 Å². The van der Waals surface area contributed by atoms with Gasteiger partial charge in [-0.25, -0.2) is 4.79 Å². The number of nitrogens with zero attached hydrogens (tertiary/aromatic N) is 1. The molecule has 2 aromatic rings. The molecule has 0 fully saturated rings. The Morgan fingerprint density at radius 1 is 1.39 bits per heavy atom.